The van der Waals surface area contributed by atoms with Crippen molar-refractivity contribution in [3.05, 3.63) is 29.2 Å². The van der Waals surface area contributed by atoms with Crippen LogP contribution >= 0.6 is 0 Å². The van der Waals surface area contributed by atoms with Gasteiger partial charge in [-0.05, 0) is 20.2 Å². The van der Waals surface area contributed by atoms with Gasteiger partial charge in [0.05, 0.1) is 0 Å². The molecule has 0 bridgehead atoms. The van der Waals surface area contributed by atoms with Crippen molar-refractivity contribution in [3.8, 4) is 0 Å². The molecule has 0 aliphatic carbocycles. The summed E-state index contributed by atoms with van der Waals surface area (Å²) in [6.45, 7) is 1.20. The molecule has 2 rings (SSSR count). The van der Waals surface area contributed by atoms with Crippen LogP contribution < -0.4 is 10.6 Å². The molecule has 0 saturated heterocycles. The van der Waals surface area contributed by atoms with Gasteiger partial charge in [0.25, 0.3) is 5.69 Å². The molecular weight excluding hydrogens is 268 g/mol. The van der Waals surface area contributed by atoms with E-state index < -0.39 is 17.9 Å². The van der Waals surface area contributed by atoms with Gasteiger partial charge in [0.1, 0.15) is 11.6 Å². The fourth-order valence-corrected chi connectivity index (χ4v) is 2.82. The number of primary amides is 1. The van der Waals surface area contributed by atoms with E-state index in [2.05, 4.69) is 0 Å². The molecule has 1 amide bonds. The van der Waals surface area contributed by atoms with Gasteiger partial charge in [0, 0.05) is 42.3 Å². The Morgan fingerprint density at radius 1 is 1.43 bits per heavy atom. The summed E-state index contributed by atoms with van der Waals surface area (Å²) < 4.78 is 0.970. The van der Waals surface area contributed by atoms with E-state index in [0.29, 0.717) is 18.7 Å². The van der Waals surface area contributed by atoms with Crippen molar-refractivity contribution in [3.63, 3.8) is 0 Å². The van der Waals surface area contributed by atoms with Gasteiger partial charge in [-0.1, -0.05) is 12.1 Å². The number of hydrogen-bond acceptors (Lipinski definition) is 4. The van der Waals surface area contributed by atoms with Crippen molar-refractivity contribution in [1.29, 1.82) is 0 Å². The Bertz CT molecular complexity index is 544. The molecule has 0 spiro atoms. The first-order chi connectivity index (χ1) is 9.91. The molecule has 0 fully saturated rings. The van der Waals surface area contributed by atoms with E-state index in [-0.39, 0.29) is 0 Å². The maximum absolute atomic E-state index is 12.8. The van der Waals surface area contributed by atoms with Crippen LogP contribution in [0.25, 0.3) is 0 Å². The number of amides is 1. The highest BCUT2D eigenvalue weighted by atomic mass is 16.3. The smallest absolute Gasteiger partial charge is 0.279 e. The first kappa shape index (κ1) is 15.4. The lowest BCUT2D eigenvalue weighted by Crippen LogP contribution is -2.44. The quantitative estimate of drug-likeness (QED) is 0.839. The van der Waals surface area contributed by atoms with Crippen molar-refractivity contribution in [1.82, 2.24) is 4.90 Å². The Morgan fingerprint density at radius 3 is 2.71 bits per heavy atom. The Kier molecular flexibility index (Phi) is 4.57. The summed E-state index contributed by atoms with van der Waals surface area (Å²) in [5, 5.41) is 0. The Hall–Kier alpha value is -1.95. The van der Waals surface area contributed by atoms with Gasteiger partial charge in [-0.25, -0.2) is 0 Å². The number of para-hydroxylation sites is 2. The summed E-state index contributed by atoms with van der Waals surface area (Å²) >= 11 is 0. The maximum Gasteiger partial charge on any atom is 0.279 e. The van der Waals surface area contributed by atoms with Gasteiger partial charge >= 0.3 is 0 Å². The molecule has 6 nitrogen and oxygen atoms in total. The molecule has 2 N–H and O–H groups in total. The second kappa shape index (κ2) is 6.22. The molecule has 1 aliphatic heterocycles. The van der Waals surface area contributed by atoms with Crippen molar-refractivity contribution < 1.29 is 9.55 Å². The zero-order chi connectivity index (χ0) is 15.6. The number of carbonyl (C=O) groups excluding carboxylic acids is 1. The van der Waals surface area contributed by atoms with Gasteiger partial charge in [0.2, 0.25) is 11.9 Å². The molecule has 0 radical (unpaired) electrons. The minimum absolute atomic E-state index is 0.417. The predicted octanol–water partition coefficient (Wildman–Crippen LogP) is 0.969. The molecule has 1 aromatic carbocycles. The monoisotopic (exact) mass is 291 g/mol. The first-order valence-electron chi connectivity index (χ1n) is 7.12. The maximum atomic E-state index is 12.8. The number of hydrogen-bond donors (Lipinski definition) is 1. The molecule has 0 aromatic heterocycles. The second-order valence-corrected chi connectivity index (χ2v) is 5.86. The average molecular weight is 291 g/mol. The lowest BCUT2D eigenvalue weighted by Gasteiger charge is -2.21. The number of carbonyl (C=O) groups is 1. The summed E-state index contributed by atoms with van der Waals surface area (Å²) in [6, 6.07) is 6.99. The number of rotatable bonds is 4. The minimum Gasteiger partial charge on any atom is -0.369 e. The third kappa shape index (κ3) is 3.21. The van der Waals surface area contributed by atoms with Gasteiger partial charge in [0.15, 0.2) is 0 Å². The number of nitrogens with zero attached hydrogens (tertiary/aromatic N) is 3. The van der Waals surface area contributed by atoms with Crippen molar-refractivity contribution in [2.45, 2.75) is 12.5 Å². The number of benzene rings is 1. The fraction of sp³-hybridized carbons (Fsp3) is 0.533. The van der Waals surface area contributed by atoms with Gasteiger partial charge in [-0.15, -0.1) is 0 Å². The molecule has 114 valence electrons. The third-order valence-electron chi connectivity index (χ3n) is 4.00. The zero-order valence-electron chi connectivity index (χ0n) is 12.8. The Morgan fingerprint density at radius 2 is 2.10 bits per heavy atom. The number of nitroso groups, excluding NO2 is 1. The highest BCUT2D eigenvalue weighted by Gasteiger charge is 2.44. The van der Waals surface area contributed by atoms with E-state index in [1.165, 1.54) is 0 Å². The average Bonchev–Trinajstić information content (AvgIpc) is 2.54. The van der Waals surface area contributed by atoms with Crippen LogP contribution in [0.2, 0.25) is 0 Å². The molecule has 6 heteroatoms. The Labute approximate surface area is 125 Å². The predicted molar refractivity (Wildman–Crippen MR) is 82.6 cm³/mol. The highest BCUT2D eigenvalue weighted by Crippen LogP contribution is 2.34. The molecule has 21 heavy (non-hydrogen) atoms. The Balaban J connectivity index is 2.39. The summed E-state index contributed by atoms with van der Waals surface area (Å²) in [5.41, 5.74) is 6.99. The SMILES string of the molecule is CN(C)CCC1C(C(N)=O)CN(C)c2ccccc2[N+]1=O. The molecule has 1 heterocycles. The van der Waals surface area contributed by atoms with Crippen molar-refractivity contribution in [2.75, 3.05) is 39.1 Å². The van der Waals surface area contributed by atoms with Crippen LogP contribution in [0, 0.1) is 10.8 Å². The van der Waals surface area contributed by atoms with E-state index in [1.54, 1.807) is 6.07 Å². The zero-order valence-corrected chi connectivity index (χ0v) is 12.8. The van der Waals surface area contributed by atoms with Gasteiger partial charge < -0.3 is 15.5 Å². The summed E-state index contributed by atoms with van der Waals surface area (Å²) in [6.07, 6.45) is 0.603. The van der Waals surface area contributed by atoms with Crippen LogP contribution in [0.3, 0.4) is 0 Å². The van der Waals surface area contributed by atoms with Crippen LogP contribution in [0.4, 0.5) is 11.4 Å². The lowest BCUT2D eigenvalue weighted by atomic mass is 9.95. The summed E-state index contributed by atoms with van der Waals surface area (Å²) in [5.74, 6) is -0.904. The van der Waals surface area contributed by atoms with Crippen molar-refractivity contribution >= 4 is 17.3 Å². The lowest BCUT2D eigenvalue weighted by molar-refractivity contribution is -0.512. The standard InChI is InChI=1S/C15H22N4O2/c1-17(2)9-8-12-11(15(16)20)10-18(3)13-6-4-5-7-14(13)19(12)21/h4-7,11-12H,8-10H2,1-3H3,(H-,16,20)/p+1. The van der Waals surface area contributed by atoms with E-state index >= 15 is 0 Å². The number of nitrogens with two attached hydrogens (primary N) is 1. The normalized spacial score (nSPS) is 22.1. The van der Waals surface area contributed by atoms with E-state index in [0.717, 1.165) is 17.0 Å². The van der Waals surface area contributed by atoms with Gasteiger partial charge in [-0.3, -0.25) is 4.79 Å². The second-order valence-electron chi connectivity index (χ2n) is 5.86. The number of fused-ring (bicyclic) bond motifs is 1. The summed E-state index contributed by atoms with van der Waals surface area (Å²) in [4.78, 5) is 28.5. The fourth-order valence-electron chi connectivity index (χ4n) is 2.82. The highest BCUT2D eigenvalue weighted by molar-refractivity contribution is 5.79. The molecular formula is C15H23N4O2+. The van der Waals surface area contributed by atoms with Crippen molar-refractivity contribution in [2.24, 2.45) is 11.7 Å². The molecule has 1 aromatic rings. The van der Waals surface area contributed by atoms with Crippen LogP contribution in [0.5, 0.6) is 0 Å². The topological polar surface area (TPSA) is 69.7 Å². The van der Waals surface area contributed by atoms with E-state index in [1.807, 2.05) is 49.1 Å². The third-order valence-corrected chi connectivity index (χ3v) is 4.00. The largest absolute Gasteiger partial charge is 0.369 e. The van der Waals surface area contributed by atoms with E-state index in [4.69, 9.17) is 5.73 Å². The first-order valence-corrected chi connectivity index (χ1v) is 7.12. The number of anilines is 1. The minimum atomic E-state index is -0.486. The van der Waals surface area contributed by atoms with E-state index in [9.17, 15) is 9.70 Å². The van der Waals surface area contributed by atoms with Crippen LogP contribution in [-0.4, -0.2) is 55.8 Å². The molecule has 2 unspecified atom stereocenters. The summed E-state index contributed by atoms with van der Waals surface area (Å²) in [7, 11) is 5.79. The van der Waals surface area contributed by atoms with Crippen LogP contribution in [0.15, 0.2) is 24.3 Å². The van der Waals surface area contributed by atoms with Crippen LogP contribution in [-0.2, 0) is 4.79 Å². The molecule has 0 saturated carbocycles. The van der Waals surface area contributed by atoms with Crippen LogP contribution in [0.1, 0.15) is 6.42 Å². The molecule has 1 aliphatic rings. The molecule has 2 atom stereocenters. The van der Waals surface area contributed by atoms with Gasteiger partial charge in [-0.2, -0.15) is 0 Å².